The molecular weight excluding hydrogens is 250 g/mol. The van der Waals surface area contributed by atoms with Crippen molar-refractivity contribution in [2.75, 3.05) is 12.0 Å². The van der Waals surface area contributed by atoms with Crippen LogP contribution in [0.3, 0.4) is 0 Å². The summed E-state index contributed by atoms with van der Waals surface area (Å²) >= 11 is 0. The predicted molar refractivity (Wildman–Crippen MR) is 80.9 cm³/mol. The number of rotatable bonds is 2. The van der Waals surface area contributed by atoms with Gasteiger partial charge in [0.15, 0.2) is 0 Å². The second-order valence-corrected chi connectivity index (χ2v) is 6.31. The van der Waals surface area contributed by atoms with Gasteiger partial charge in [-0.3, -0.25) is 4.79 Å². The van der Waals surface area contributed by atoms with Crippen LogP contribution in [-0.4, -0.2) is 18.6 Å². The lowest BCUT2D eigenvalue weighted by molar-refractivity contribution is -0.120. The van der Waals surface area contributed by atoms with E-state index in [1.54, 1.807) is 7.11 Å². The number of anilines is 1. The van der Waals surface area contributed by atoms with Gasteiger partial charge in [0.05, 0.1) is 18.3 Å². The molecule has 1 aromatic carbocycles. The zero-order chi connectivity index (χ0) is 14.5. The van der Waals surface area contributed by atoms with E-state index in [-0.39, 0.29) is 17.4 Å². The number of ether oxygens (including phenoxy) is 1. The molecule has 0 atom stereocenters. The standard InChI is InChI=1S/C17H21NO2/c1-11-10-17(2,3)18(16(19)12-5-6-12)15-8-7-13(20-4)9-14(11)15/h7-10,12H,5-6H2,1-4H3. The van der Waals surface area contributed by atoms with Gasteiger partial charge in [0.2, 0.25) is 5.91 Å². The van der Waals surface area contributed by atoms with E-state index in [4.69, 9.17) is 4.74 Å². The van der Waals surface area contributed by atoms with Gasteiger partial charge in [-0.2, -0.15) is 0 Å². The van der Waals surface area contributed by atoms with Crippen LogP contribution in [0.15, 0.2) is 24.3 Å². The highest BCUT2D eigenvalue weighted by Crippen LogP contribution is 2.43. The monoisotopic (exact) mass is 271 g/mol. The largest absolute Gasteiger partial charge is 0.497 e. The van der Waals surface area contributed by atoms with E-state index in [0.29, 0.717) is 0 Å². The first-order valence-corrected chi connectivity index (χ1v) is 7.16. The number of benzene rings is 1. The van der Waals surface area contributed by atoms with E-state index in [1.165, 1.54) is 5.57 Å². The van der Waals surface area contributed by atoms with Crippen LogP contribution in [0, 0.1) is 5.92 Å². The molecule has 1 aliphatic carbocycles. The second-order valence-electron chi connectivity index (χ2n) is 6.31. The number of carbonyl (C=O) groups is 1. The van der Waals surface area contributed by atoms with Crippen molar-refractivity contribution in [3.8, 4) is 5.75 Å². The lowest BCUT2D eigenvalue weighted by Gasteiger charge is -2.41. The number of fused-ring (bicyclic) bond motifs is 1. The third kappa shape index (κ3) is 2.01. The van der Waals surface area contributed by atoms with Crippen molar-refractivity contribution in [3.05, 3.63) is 29.8 Å². The molecule has 0 unspecified atom stereocenters. The summed E-state index contributed by atoms with van der Waals surface area (Å²) in [4.78, 5) is 14.6. The quantitative estimate of drug-likeness (QED) is 0.822. The molecule has 3 heteroatoms. The number of hydrogen-bond donors (Lipinski definition) is 0. The molecule has 0 radical (unpaired) electrons. The van der Waals surface area contributed by atoms with E-state index in [0.717, 1.165) is 29.8 Å². The molecule has 0 spiro atoms. The van der Waals surface area contributed by atoms with Crippen molar-refractivity contribution in [1.82, 2.24) is 0 Å². The molecule has 106 valence electrons. The topological polar surface area (TPSA) is 29.5 Å². The Morgan fingerprint density at radius 2 is 2.05 bits per heavy atom. The first-order chi connectivity index (χ1) is 9.44. The minimum atomic E-state index is -0.272. The van der Waals surface area contributed by atoms with Crippen molar-refractivity contribution in [2.45, 2.75) is 39.2 Å². The van der Waals surface area contributed by atoms with Crippen LogP contribution in [-0.2, 0) is 4.79 Å². The Hall–Kier alpha value is -1.77. The van der Waals surface area contributed by atoms with Crippen molar-refractivity contribution < 1.29 is 9.53 Å². The molecule has 0 N–H and O–H groups in total. The Bertz CT molecular complexity index is 597. The molecule has 3 rings (SSSR count). The summed E-state index contributed by atoms with van der Waals surface area (Å²) in [5.41, 5.74) is 3.03. The predicted octanol–water partition coefficient (Wildman–Crippen LogP) is 3.63. The van der Waals surface area contributed by atoms with Crippen LogP contribution in [0.5, 0.6) is 5.75 Å². The first kappa shape index (κ1) is 13.2. The normalized spacial score (nSPS) is 20.2. The van der Waals surface area contributed by atoms with E-state index in [1.807, 2.05) is 23.1 Å². The molecule has 1 heterocycles. The van der Waals surface area contributed by atoms with Crippen molar-refractivity contribution in [3.63, 3.8) is 0 Å². The van der Waals surface area contributed by atoms with Crippen LogP contribution in [0.4, 0.5) is 5.69 Å². The van der Waals surface area contributed by atoms with E-state index in [9.17, 15) is 4.79 Å². The lowest BCUT2D eigenvalue weighted by Crippen LogP contribution is -2.49. The molecule has 0 saturated heterocycles. The summed E-state index contributed by atoms with van der Waals surface area (Å²) in [7, 11) is 1.67. The zero-order valence-electron chi connectivity index (χ0n) is 12.6. The highest BCUT2D eigenvalue weighted by Gasteiger charge is 2.42. The average molecular weight is 271 g/mol. The van der Waals surface area contributed by atoms with Gasteiger partial charge in [-0.15, -0.1) is 0 Å². The fourth-order valence-electron chi connectivity index (χ4n) is 3.05. The molecule has 1 saturated carbocycles. The zero-order valence-corrected chi connectivity index (χ0v) is 12.6. The van der Waals surface area contributed by atoms with Gasteiger partial charge in [0.25, 0.3) is 0 Å². The number of allylic oxidation sites excluding steroid dienone is 1. The molecule has 1 fully saturated rings. The molecule has 3 nitrogen and oxygen atoms in total. The van der Waals surface area contributed by atoms with Gasteiger partial charge in [-0.25, -0.2) is 0 Å². The fraction of sp³-hybridized carbons (Fsp3) is 0.471. The van der Waals surface area contributed by atoms with Gasteiger partial charge >= 0.3 is 0 Å². The summed E-state index contributed by atoms with van der Waals surface area (Å²) in [5, 5.41) is 0. The summed E-state index contributed by atoms with van der Waals surface area (Å²) in [6, 6.07) is 5.96. The molecular formula is C17H21NO2. The Balaban J connectivity index is 2.13. The lowest BCUT2D eigenvalue weighted by atomic mass is 9.88. The SMILES string of the molecule is COc1ccc2c(c1)C(C)=CC(C)(C)N2C(=O)C1CC1. The van der Waals surface area contributed by atoms with Crippen molar-refractivity contribution in [1.29, 1.82) is 0 Å². The third-order valence-electron chi connectivity index (χ3n) is 4.16. The molecule has 2 aliphatic rings. The van der Waals surface area contributed by atoms with Crippen LogP contribution in [0.2, 0.25) is 0 Å². The summed E-state index contributed by atoms with van der Waals surface area (Å²) in [6.45, 7) is 6.30. The molecule has 0 aromatic heterocycles. The summed E-state index contributed by atoms with van der Waals surface area (Å²) in [6.07, 6.45) is 4.23. The third-order valence-corrected chi connectivity index (χ3v) is 4.16. The van der Waals surface area contributed by atoms with Crippen molar-refractivity contribution in [2.24, 2.45) is 5.92 Å². The smallest absolute Gasteiger partial charge is 0.230 e. The Morgan fingerprint density at radius 1 is 1.35 bits per heavy atom. The second kappa shape index (κ2) is 4.37. The molecule has 0 bridgehead atoms. The van der Waals surface area contributed by atoms with Gasteiger partial charge in [0.1, 0.15) is 5.75 Å². The Labute approximate surface area is 120 Å². The van der Waals surface area contributed by atoms with E-state index < -0.39 is 0 Å². The van der Waals surface area contributed by atoms with Crippen molar-refractivity contribution >= 4 is 17.2 Å². The minimum Gasteiger partial charge on any atom is -0.497 e. The number of amides is 1. The molecule has 20 heavy (non-hydrogen) atoms. The molecule has 1 aromatic rings. The number of methoxy groups -OCH3 is 1. The van der Waals surface area contributed by atoms with Crippen LogP contribution < -0.4 is 9.64 Å². The Kier molecular flexibility index (Phi) is 2.89. The van der Waals surface area contributed by atoms with Crippen LogP contribution >= 0.6 is 0 Å². The number of hydrogen-bond acceptors (Lipinski definition) is 2. The summed E-state index contributed by atoms with van der Waals surface area (Å²) < 4.78 is 5.31. The minimum absolute atomic E-state index is 0.219. The van der Waals surface area contributed by atoms with Crippen LogP contribution in [0.1, 0.15) is 39.2 Å². The molecule has 1 amide bonds. The van der Waals surface area contributed by atoms with Crippen LogP contribution in [0.25, 0.3) is 5.57 Å². The maximum absolute atomic E-state index is 12.7. The van der Waals surface area contributed by atoms with Gasteiger partial charge < -0.3 is 9.64 Å². The molecule has 1 aliphatic heterocycles. The van der Waals surface area contributed by atoms with Gasteiger partial charge in [-0.1, -0.05) is 6.08 Å². The van der Waals surface area contributed by atoms with Gasteiger partial charge in [0, 0.05) is 11.5 Å². The average Bonchev–Trinajstić information content (AvgIpc) is 3.21. The van der Waals surface area contributed by atoms with E-state index in [2.05, 4.69) is 26.8 Å². The Morgan fingerprint density at radius 3 is 2.65 bits per heavy atom. The van der Waals surface area contributed by atoms with Gasteiger partial charge in [-0.05, 0) is 57.4 Å². The maximum Gasteiger partial charge on any atom is 0.230 e. The highest BCUT2D eigenvalue weighted by molar-refractivity contribution is 6.02. The fourth-order valence-corrected chi connectivity index (χ4v) is 3.05. The number of nitrogens with zero attached hydrogens (tertiary/aromatic N) is 1. The number of carbonyl (C=O) groups excluding carboxylic acids is 1. The highest BCUT2D eigenvalue weighted by atomic mass is 16.5. The summed E-state index contributed by atoms with van der Waals surface area (Å²) in [5.74, 6) is 1.30. The first-order valence-electron chi connectivity index (χ1n) is 7.16. The maximum atomic E-state index is 12.7. The van der Waals surface area contributed by atoms with E-state index >= 15 is 0 Å².